The number of benzene rings is 1. The Morgan fingerprint density at radius 2 is 1.73 bits per heavy atom. The third-order valence-corrected chi connectivity index (χ3v) is 2.87. The third-order valence-electron chi connectivity index (χ3n) is 2.87. The van der Waals surface area contributed by atoms with Gasteiger partial charge >= 0.3 is 0 Å². The van der Waals surface area contributed by atoms with E-state index in [4.69, 9.17) is 4.74 Å². The Balaban J connectivity index is 2.02. The third kappa shape index (κ3) is 2.65. The Labute approximate surface area is 91.9 Å². The molecule has 2 nitrogen and oxygen atoms in total. The highest BCUT2D eigenvalue weighted by molar-refractivity contribution is 5.49. The van der Waals surface area contributed by atoms with Crippen LogP contribution in [0.1, 0.15) is 26.2 Å². The fourth-order valence-corrected chi connectivity index (χ4v) is 2.07. The van der Waals surface area contributed by atoms with Gasteiger partial charge in [0.2, 0.25) is 0 Å². The summed E-state index contributed by atoms with van der Waals surface area (Å²) in [7, 11) is 0. The smallest absolute Gasteiger partial charge is 0.119 e. The summed E-state index contributed by atoms with van der Waals surface area (Å²) in [6, 6.07) is 8.45. The van der Waals surface area contributed by atoms with E-state index in [1.807, 2.05) is 6.92 Å². The number of ether oxygens (including phenoxy) is 1. The molecule has 82 valence electrons. The van der Waals surface area contributed by atoms with E-state index < -0.39 is 0 Å². The number of rotatable bonds is 3. The predicted octanol–water partition coefficient (Wildman–Crippen LogP) is 3.08. The van der Waals surface area contributed by atoms with Crippen molar-refractivity contribution in [1.82, 2.24) is 0 Å². The Bertz CT molecular complexity index is 288. The molecular weight excluding hydrogens is 186 g/mol. The van der Waals surface area contributed by atoms with E-state index in [-0.39, 0.29) is 0 Å². The lowest BCUT2D eigenvalue weighted by atomic mass is 10.1. The van der Waals surface area contributed by atoms with Crippen molar-refractivity contribution in [2.75, 3.05) is 24.6 Å². The molecule has 0 atom stereocenters. The maximum Gasteiger partial charge on any atom is 0.119 e. The summed E-state index contributed by atoms with van der Waals surface area (Å²) in [6.07, 6.45) is 4.04. The molecule has 1 aromatic carbocycles. The minimum atomic E-state index is 0.739. The van der Waals surface area contributed by atoms with Gasteiger partial charge < -0.3 is 9.64 Å². The van der Waals surface area contributed by atoms with Crippen molar-refractivity contribution >= 4 is 5.69 Å². The average molecular weight is 205 g/mol. The van der Waals surface area contributed by atoms with E-state index >= 15 is 0 Å². The molecule has 0 bridgehead atoms. The monoisotopic (exact) mass is 205 g/mol. The SMILES string of the molecule is CCOc1ccc(N2CCCCC2)cc1. The summed E-state index contributed by atoms with van der Waals surface area (Å²) in [4.78, 5) is 2.46. The largest absolute Gasteiger partial charge is 0.494 e. The zero-order valence-corrected chi connectivity index (χ0v) is 9.41. The molecule has 0 radical (unpaired) electrons. The number of hydrogen-bond donors (Lipinski definition) is 0. The highest BCUT2D eigenvalue weighted by Crippen LogP contribution is 2.22. The molecule has 1 saturated heterocycles. The highest BCUT2D eigenvalue weighted by atomic mass is 16.5. The summed E-state index contributed by atoms with van der Waals surface area (Å²) in [6.45, 7) is 5.16. The minimum Gasteiger partial charge on any atom is -0.494 e. The molecule has 1 aromatic rings. The van der Waals surface area contributed by atoms with Gasteiger partial charge in [0.05, 0.1) is 6.61 Å². The lowest BCUT2D eigenvalue weighted by Crippen LogP contribution is -2.29. The molecule has 1 fully saturated rings. The van der Waals surface area contributed by atoms with Gasteiger partial charge in [-0.1, -0.05) is 0 Å². The van der Waals surface area contributed by atoms with Crippen LogP contribution in [-0.4, -0.2) is 19.7 Å². The van der Waals surface area contributed by atoms with E-state index in [9.17, 15) is 0 Å². The number of nitrogens with zero attached hydrogens (tertiary/aromatic N) is 1. The number of piperidine rings is 1. The van der Waals surface area contributed by atoms with Crippen LogP contribution in [0.3, 0.4) is 0 Å². The zero-order valence-electron chi connectivity index (χ0n) is 9.41. The molecular formula is C13H19NO. The van der Waals surface area contributed by atoms with Crippen LogP contribution in [0.5, 0.6) is 5.75 Å². The van der Waals surface area contributed by atoms with Crippen LogP contribution in [0.15, 0.2) is 24.3 Å². The van der Waals surface area contributed by atoms with E-state index in [0.29, 0.717) is 0 Å². The Kier molecular flexibility index (Phi) is 3.49. The first kappa shape index (κ1) is 10.3. The standard InChI is InChI=1S/C13H19NO/c1-2-15-13-8-6-12(7-9-13)14-10-4-3-5-11-14/h6-9H,2-5,10-11H2,1H3. The van der Waals surface area contributed by atoms with Gasteiger partial charge in [0.25, 0.3) is 0 Å². The maximum atomic E-state index is 5.43. The van der Waals surface area contributed by atoms with E-state index in [0.717, 1.165) is 12.4 Å². The lowest BCUT2D eigenvalue weighted by Gasteiger charge is -2.28. The fraction of sp³-hybridized carbons (Fsp3) is 0.538. The van der Waals surface area contributed by atoms with Gasteiger partial charge in [-0.05, 0) is 50.5 Å². The molecule has 0 aliphatic carbocycles. The van der Waals surface area contributed by atoms with Gasteiger partial charge in [-0.2, -0.15) is 0 Å². The van der Waals surface area contributed by atoms with E-state index in [2.05, 4.69) is 29.2 Å². The van der Waals surface area contributed by atoms with Gasteiger partial charge in [0, 0.05) is 18.8 Å². The summed E-state index contributed by atoms with van der Waals surface area (Å²) < 4.78 is 5.43. The summed E-state index contributed by atoms with van der Waals surface area (Å²) in [5.41, 5.74) is 1.33. The predicted molar refractivity (Wildman–Crippen MR) is 63.7 cm³/mol. The van der Waals surface area contributed by atoms with Crippen molar-refractivity contribution in [3.8, 4) is 5.75 Å². The molecule has 0 N–H and O–H groups in total. The maximum absolute atomic E-state index is 5.43. The van der Waals surface area contributed by atoms with Crippen molar-refractivity contribution in [3.63, 3.8) is 0 Å². The highest BCUT2D eigenvalue weighted by Gasteiger charge is 2.10. The quantitative estimate of drug-likeness (QED) is 0.752. The van der Waals surface area contributed by atoms with Crippen LogP contribution in [0.2, 0.25) is 0 Å². The first-order valence-corrected chi connectivity index (χ1v) is 5.88. The molecule has 0 amide bonds. The Morgan fingerprint density at radius 3 is 2.33 bits per heavy atom. The first-order valence-electron chi connectivity index (χ1n) is 5.88. The van der Waals surface area contributed by atoms with Crippen LogP contribution in [0, 0.1) is 0 Å². The molecule has 0 unspecified atom stereocenters. The normalized spacial score (nSPS) is 16.5. The van der Waals surface area contributed by atoms with Gasteiger partial charge in [-0.3, -0.25) is 0 Å². The number of hydrogen-bond acceptors (Lipinski definition) is 2. The first-order chi connectivity index (χ1) is 7.40. The molecule has 2 heteroatoms. The summed E-state index contributed by atoms with van der Waals surface area (Å²) in [5.74, 6) is 0.971. The van der Waals surface area contributed by atoms with Crippen LogP contribution >= 0.6 is 0 Å². The topological polar surface area (TPSA) is 12.5 Å². The summed E-state index contributed by atoms with van der Waals surface area (Å²) in [5, 5.41) is 0. The second-order valence-corrected chi connectivity index (χ2v) is 3.97. The molecule has 0 saturated carbocycles. The van der Waals surface area contributed by atoms with E-state index in [1.54, 1.807) is 0 Å². The minimum absolute atomic E-state index is 0.739. The van der Waals surface area contributed by atoms with Gasteiger partial charge in [-0.25, -0.2) is 0 Å². The molecule has 15 heavy (non-hydrogen) atoms. The van der Waals surface area contributed by atoms with Crippen LogP contribution in [-0.2, 0) is 0 Å². The Hall–Kier alpha value is -1.18. The molecule has 0 spiro atoms. The van der Waals surface area contributed by atoms with Gasteiger partial charge in [0.1, 0.15) is 5.75 Å². The van der Waals surface area contributed by atoms with Crippen molar-refractivity contribution in [2.24, 2.45) is 0 Å². The molecule has 0 aromatic heterocycles. The van der Waals surface area contributed by atoms with Crippen LogP contribution in [0.25, 0.3) is 0 Å². The van der Waals surface area contributed by atoms with E-state index in [1.165, 1.54) is 38.0 Å². The average Bonchev–Trinajstić information content (AvgIpc) is 2.32. The molecule has 1 aliphatic rings. The van der Waals surface area contributed by atoms with Gasteiger partial charge in [0.15, 0.2) is 0 Å². The molecule has 1 aliphatic heterocycles. The van der Waals surface area contributed by atoms with Crippen molar-refractivity contribution < 1.29 is 4.74 Å². The molecule has 2 rings (SSSR count). The van der Waals surface area contributed by atoms with Gasteiger partial charge in [-0.15, -0.1) is 0 Å². The second-order valence-electron chi connectivity index (χ2n) is 3.97. The Morgan fingerprint density at radius 1 is 1.07 bits per heavy atom. The van der Waals surface area contributed by atoms with Crippen LogP contribution < -0.4 is 9.64 Å². The van der Waals surface area contributed by atoms with Crippen molar-refractivity contribution in [3.05, 3.63) is 24.3 Å². The van der Waals surface area contributed by atoms with Crippen LogP contribution in [0.4, 0.5) is 5.69 Å². The lowest BCUT2D eigenvalue weighted by molar-refractivity contribution is 0.340. The van der Waals surface area contributed by atoms with Crippen molar-refractivity contribution in [1.29, 1.82) is 0 Å². The van der Waals surface area contributed by atoms with Crippen molar-refractivity contribution in [2.45, 2.75) is 26.2 Å². The number of anilines is 1. The zero-order chi connectivity index (χ0) is 10.5. The fourth-order valence-electron chi connectivity index (χ4n) is 2.07. The summed E-state index contributed by atoms with van der Waals surface area (Å²) >= 11 is 0. The second kappa shape index (κ2) is 5.06. The molecule has 1 heterocycles.